The molecular weight excluding hydrogens is 598 g/mol. The Labute approximate surface area is 277 Å². The maximum atomic E-state index is 13.8. The van der Waals surface area contributed by atoms with E-state index >= 15 is 0 Å². The number of carbonyl (C=O) groups is 3. The first kappa shape index (κ1) is 35.4. The number of alkyl carbamates (subject to hydrolysis) is 1. The van der Waals surface area contributed by atoms with Crippen LogP contribution in [0.3, 0.4) is 0 Å². The summed E-state index contributed by atoms with van der Waals surface area (Å²) < 4.78 is 12.5. The lowest BCUT2D eigenvalue weighted by Crippen LogP contribution is -2.54. The van der Waals surface area contributed by atoms with Crippen molar-refractivity contribution in [2.45, 2.75) is 84.4 Å². The van der Waals surface area contributed by atoms with Gasteiger partial charge in [-0.05, 0) is 82.0 Å². The van der Waals surface area contributed by atoms with Crippen LogP contribution in [0.2, 0.25) is 0 Å². The smallest absolute Gasteiger partial charge is 0.412 e. The summed E-state index contributed by atoms with van der Waals surface area (Å²) in [4.78, 5) is 45.0. The zero-order valence-electron chi connectivity index (χ0n) is 28.3. The summed E-state index contributed by atoms with van der Waals surface area (Å²) >= 11 is 0. The Hall–Kier alpha value is -4.45. The maximum Gasteiger partial charge on any atom is 0.412 e. The number of benzene rings is 2. The number of anilines is 1. The fourth-order valence-electron chi connectivity index (χ4n) is 5.65. The normalized spacial score (nSPS) is 14.2. The average Bonchev–Trinajstić information content (AvgIpc) is 3.70. The first-order valence-corrected chi connectivity index (χ1v) is 16.6. The van der Waals surface area contributed by atoms with Gasteiger partial charge in [0.25, 0.3) is 0 Å². The number of ether oxygens (including phenoxy) is 2. The van der Waals surface area contributed by atoms with E-state index in [9.17, 15) is 14.4 Å². The minimum Gasteiger partial charge on any atom is -0.462 e. The third-order valence-corrected chi connectivity index (χ3v) is 8.41. The van der Waals surface area contributed by atoms with E-state index in [-0.39, 0.29) is 24.4 Å². The van der Waals surface area contributed by atoms with E-state index in [1.54, 1.807) is 26.0 Å². The van der Waals surface area contributed by atoms with E-state index in [1.807, 2.05) is 53.8 Å². The van der Waals surface area contributed by atoms with Gasteiger partial charge in [-0.2, -0.15) is 0 Å². The van der Waals surface area contributed by atoms with Crippen molar-refractivity contribution in [3.05, 3.63) is 59.4 Å². The minimum atomic E-state index is -1.14. The lowest BCUT2D eigenvalue weighted by Gasteiger charge is -2.34. The number of nitrogens with one attached hydrogen (secondary N) is 4. The number of aryl methyl sites for hydroxylation is 1. The van der Waals surface area contributed by atoms with Crippen molar-refractivity contribution in [2.75, 3.05) is 31.6 Å². The minimum absolute atomic E-state index is 0.0252. The molecular formula is C35H49N7O5. The molecule has 1 atom stereocenters. The SMILES string of the molecule is CCCCCCOC(=O)NC(=N)c1ccc(NCc2nc3cc(C(C)(NCC(=O)OC(C)C)C(=O)N4CCCC4)ccc3n2C)cc1. The average molecular weight is 648 g/mol. The molecule has 0 saturated carbocycles. The molecule has 0 spiro atoms. The van der Waals surface area contributed by atoms with Crippen LogP contribution in [-0.2, 0) is 38.2 Å². The second kappa shape index (κ2) is 16.4. The topological polar surface area (TPSA) is 151 Å². The van der Waals surface area contributed by atoms with Crippen LogP contribution in [0.1, 0.15) is 83.2 Å². The second-order valence-corrected chi connectivity index (χ2v) is 12.4. The molecule has 1 unspecified atom stereocenters. The highest BCUT2D eigenvalue weighted by molar-refractivity contribution is 6.04. The number of amides is 2. The Bertz CT molecular complexity index is 1550. The molecule has 2 heterocycles. The number of esters is 1. The van der Waals surface area contributed by atoms with Crippen molar-refractivity contribution in [3.8, 4) is 0 Å². The van der Waals surface area contributed by atoms with Crippen molar-refractivity contribution >= 4 is 40.5 Å². The number of fused-ring (bicyclic) bond motifs is 1. The van der Waals surface area contributed by atoms with E-state index in [4.69, 9.17) is 19.9 Å². The summed E-state index contributed by atoms with van der Waals surface area (Å²) in [5, 5.41) is 17.3. The van der Waals surface area contributed by atoms with Crippen LogP contribution in [0.4, 0.5) is 10.5 Å². The highest BCUT2D eigenvalue weighted by Gasteiger charge is 2.40. The van der Waals surface area contributed by atoms with Gasteiger partial charge in [0, 0.05) is 31.4 Å². The van der Waals surface area contributed by atoms with Crippen LogP contribution in [-0.4, -0.2) is 70.6 Å². The van der Waals surface area contributed by atoms with Crippen molar-refractivity contribution < 1.29 is 23.9 Å². The molecule has 2 amide bonds. The van der Waals surface area contributed by atoms with Crippen molar-refractivity contribution in [2.24, 2.45) is 7.05 Å². The molecule has 1 saturated heterocycles. The number of nitrogens with zero attached hydrogens (tertiary/aromatic N) is 3. The second-order valence-electron chi connectivity index (χ2n) is 12.4. The number of amidine groups is 1. The Morgan fingerprint density at radius 2 is 1.77 bits per heavy atom. The van der Waals surface area contributed by atoms with Gasteiger partial charge in [0.2, 0.25) is 5.91 Å². The number of aromatic nitrogens is 2. The Morgan fingerprint density at radius 3 is 2.45 bits per heavy atom. The van der Waals surface area contributed by atoms with Gasteiger partial charge in [-0.15, -0.1) is 0 Å². The molecule has 0 bridgehead atoms. The Kier molecular flexibility index (Phi) is 12.4. The highest BCUT2D eigenvalue weighted by Crippen LogP contribution is 2.29. The third-order valence-electron chi connectivity index (χ3n) is 8.41. The van der Waals surface area contributed by atoms with E-state index in [0.29, 0.717) is 31.8 Å². The van der Waals surface area contributed by atoms with E-state index in [2.05, 4.69) is 22.9 Å². The number of rotatable bonds is 15. The quantitative estimate of drug-likeness (QED) is 0.0761. The molecule has 254 valence electrons. The lowest BCUT2D eigenvalue weighted by molar-refractivity contribution is -0.147. The van der Waals surface area contributed by atoms with Gasteiger partial charge < -0.3 is 24.3 Å². The molecule has 1 aliphatic heterocycles. The summed E-state index contributed by atoms with van der Waals surface area (Å²) in [5.74, 6) is 0.279. The van der Waals surface area contributed by atoms with Crippen LogP contribution in [0.25, 0.3) is 11.0 Å². The number of hydrogen-bond acceptors (Lipinski definition) is 9. The molecule has 1 aliphatic rings. The standard InChI is InChI=1S/C35H49N7O5/c1-6-7-8-11-20-46-34(45)40-32(36)25-12-15-27(16-13-25)37-22-30-39-28-21-26(14-17-29(28)41(30)5)35(4,33(44)42-18-9-10-19-42)38-23-31(43)47-24(2)3/h12-17,21,24,37-38H,6-11,18-20,22-23H2,1-5H3,(H2,36,40,45). The van der Waals surface area contributed by atoms with Crippen molar-refractivity contribution in [1.29, 1.82) is 5.41 Å². The number of imidazole rings is 1. The van der Waals surface area contributed by atoms with Crippen LogP contribution in [0.5, 0.6) is 0 Å². The van der Waals surface area contributed by atoms with Crippen LogP contribution in [0, 0.1) is 5.41 Å². The first-order chi connectivity index (χ1) is 22.5. The van der Waals surface area contributed by atoms with E-state index in [0.717, 1.165) is 66.6 Å². The Balaban J connectivity index is 1.42. The number of unbranched alkanes of at least 4 members (excludes halogenated alkanes) is 3. The molecule has 2 aromatic carbocycles. The molecule has 3 aromatic rings. The summed E-state index contributed by atoms with van der Waals surface area (Å²) in [5.41, 5.74) is 2.62. The third kappa shape index (κ3) is 9.31. The van der Waals surface area contributed by atoms with Crippen molar-refractivity contribution in [3.63, 3.8) is 0 Å². The molecule has 0 radical (unpaired) electrons. The zero-order chi connectivity index (χ0) is 34.0. The molecule has 1 fully saturated rings. The summed E-state index contributed by atoms with van der Waals surface area (Å²) in [6.45, 7) is 9.60. The summed E-state index contributed by atoms with van der Waals surface area (Å²) in [6.07, 6.45) is 5.10. The first-order valence-electron chi connectivity index (χ1n) is 16.6. The van der Waals surface area contributed by atoms with Crippen LogP contribution >= 0.6 is 0 Å². The van der Waals surface area contributed by atoms with Crippen molar-refractivity contribution in [1.82, 2.24) is 25.1 Å². The summed E-state index contributed by atoms with van der Waals surface area (Å²) in [7, 11) is 1.94. The van der Waals surface area contributed by atoms with E-state index < -0.39 is 17.6 Å². The largest absolute Gasteiger partial charge is 0.462 e. The van der Waals surface area contributed by atoms with E-state index in [1.165, 1.54) is 0 Å². The molecule has 1 aromatic heterocycles. The number of likely N-dealkylation sites (tertiary alicyclic amines) is 1. The maximum absolute atomic E-state index is 13.8. The number of carbonyl (C=O) groups excluding carboxylic acids is 3. The van der Waals surface area contributed by atoms with Gasteiger partial charge in [-0.25, -0.2) is 9.78 Å². The fourth-order valence-corrected chi connectivity index (χ4v) is 5.65. The van der Waals surface area contributed by atoms with Crippen LogP contribution in [0.15, 0.2) is 42.5 Å². The highest BCUT2D eigenvalue weighted by atomic mass is 16.5. The predicted octanol–water partition coefficient (Wildman–Crippen LogP) is 5.20. The molecule has 47 heavy (non-hydrogen) atoms. The molecule has 12 nitrogen and oxygen atoms in total. The Morgan fingerprint density at radius 1 is 1.04 bits per heavy atom. The monoisotopic (exact) mass is 647 g/mol. The van der Waals surface area contributed by atoms with Gasteiger partial charge in [0.1, 0.15) is 17.2 Å². The zero-order valence-corrected chi connectivity index (χ0v) is 28.3. The van der Waals surface area contributed by atoms with Gasteiger partial charge in [0.15, 0.2) is 0 Å². The fraction of sp³-hybridized carbons (Fsp3) is 0.514. The molecule has 12 heteroatoms. The van der Waals surface area contributed by atoms with Gasteiger partial charge in [-0.1, -0.05) is 32.3 Å². The van der Waals surface area contributed by atoms with Gasteiger partial charge in [0.05, 0.1) is 36.8 Å². The van der Waals surface area contributed by atoms with Gasteiger partial charge in [-0.3, -0.25) is 25.6 Å². The molecule has 4 N–H and O–H groups in total. The van der Waals surface area contributed by atoms with Gasteiger partial charge >= 0.3 is 12.1 Å². The molecule has 0 aliphatic carbocycles. The lowest BCUT2D eigenvalue weighted by atomic mass is 9.89. The molecule has 4 rings (SSSR count). The van der Waals surface area contributed by atoms with Crippen LogP contribution < -0.4 is 16.0 Å². The number of hydrogen-bond donors (Lipinski definition) is 4. The summed E-state index contributed by atoms with van der Waals surface area (Å²) in [6, 6.07) is 13.0. The predicted molar refractivity (Wildman–Crippen MR) is 182 cm³/mol.